The quantitative estimate of drug-likeness (QED) is 0.337. The Morgan fingerprint density at radius 1 is 0.903 bits per heavy atom. The Morgan fingerprint density at radius 3 is 2.48 bits per heavy atom. The number of aryl methyl sites for hydroxylation is 1. The van der Waals surface area contributed by atoms with Gasteiger partial charge < -0.3 is 0 Å². The Bertz CT molecular complexity index is 840. The standard InChI is InChI=1S/C29H43NS/c1-3-5-7-8-10-23-13-20-27-28(21-23)31-29(30-27)26-18-16-25(17-19-26)24-14-11-22(12-15-24)9-6-4-2/h13,18,20-22,24-25H,3-12,14-17,19H2,1-2H3. The molecule has 1 unspecified atom stereocenters. The number of rotatable bonds is 10. The van der Waals surface area contributed by atoms with Crippen molar-refractivity contribution < 1.29 is 0 Å². The van der Waals surface area contributed by atoms with E-state index in [1.807, 2.05) is 11.3 Å². The summed E-state index contributed by atoms with van der Waals surface area (Å²) in [6.07, 6.45) is 23.3. The number of unbranched alkanes of at least 4 members (excludes halogenated alkanes) is 4. The monoisotopic (exact) mass is 437 g/mol. The Morgan fingerprint density at radius 2 is 1.74 bits per heavy atom. The lowest BCUT2D eigenvalue weighted by molar-refractivity contribution is 0.188. The van der Waals surface area contributed by atoms with E-state index in [0.29, 0.717) is 0 Å². The smallest absolute Gasteiger partial charge is 0.120 e. The Balaban J connectivity index is 1.31. The van der Waals surface area contributed by atoms with Gasteiger partial charge in [0.1, 0.15) is 5.01 Å². The predicted molar refractivity (Wildman–Crippen MR) is 138 cm³/mol. The van der Waals surface area contributed by atoms with Crippen LogP contribution in [0.15, 0.2) is 24.3 Å². The van der Waals surface area contributed by atoms with Crippen molar-refractivity contribution >= 4 is 27.1 Å². The van der Waals surface area contributed by atoms with Gasteiger partial charge in [0.2, 0.25) is 0 Å². The fraction of sp³-hybridized carbons (Fsp3) is 0.690. The molecule has 0 N–H and O–H groups in total. The van der Waals surface area contributed by atoms with Gasteiger partial charge in [0, 0.05) is 0 Å². The summed E-state index contributed by atoms with van der Waals surface area (Å²) in [5, 5.41) is 1.29. The van der Waals surface area contributed by atoms with Gasteiger partial charge in [0.25, 0.3) is 0 Å². The molecule has 2 aliphatic rings. The molecule has 1 fully saturated rings. The summed E-state index contributed by atoms with van der Waals surface area (Å²) in [6, 6.07) is 6.97. The first-order valence-electron chi connectivity index (χ1n) is 13.4. The maximum absolute atomic E-state index is 5.01. The lowest BCUT2D eigenvalue weighted by atomic mass is 9.71. The minimum Gasteiger partial charge on any atom is -0.236 e. The van der Waals surface area contributed by atoms with Gasteiger partial charge in [-0.05, 0) is 86.0 Å². The van der Waals surface area contributed by atoms with E-state index in [4.69, 9.17) is 4.98 Å². The van der Waals surface area contributed by atoms with Gasteiger partial charge in [0.05, 0.1) is 10.2 Å². The summed E-state index contributed by atoms with van der Waals surface area (Å²) in [7, 11) is 0. The Hall–Kier alpha value is -1.15. The van der Waals surface area contributed by atoms with E-state index < -0.39 is 0 Å². The fourth-order valence-corrected chi connectivity index (χ4v) is 7.03. The summed E-state index contributed by atoms with van der Waals surface area (Å²) < 4.78 is 1.39. The summed E-state index contributed by atoms with van der Waals surface area (Å²) in [6.45, 7) is 4.61. The SMILES string of the molecule is CCCCCCc1ccc2nc(C3=CCC(C4CCC(CCCC)CC4)CC3)sc2c1. The Labute approximate surface area is 194 Å². The van der Waals surface area contributed by atoms with E-state index >= 15 is 0 Å². The van der Waals surface area contributed by atoms with Crippen LogP contribution >= 0.6 is 11.3 Å². The van der Waals surface area contributed by atoms with Crippen molar-refractivity contribution in [2.45, 2.75) is 110 Å². The highest BCUT2D eigenvalue weighted by Gasteiger charge is 2.29. The molecule has 4 rings (SSSR count). The van der Waals surface area contributed by atoms with Crippen LogP contribution in [0.1, 0.15) is 114 Å². The molecule has 0 spiro atoms. The molecule has 1 aromatic heterocycles. The van der Waals surface area contributed by atoms with Gasteiger partial charge in [0.15, 0.2) is 0 Å². The molecule has 170 valence electrons. The van der Waals surface area contributed by atoms with Crippen LogP contribution in [-0.2, 0) is 6.42 Å². The van der Waals surface area contributed by atoms with E-state index in [2.05, 4.69) is 38.1 Å². The molecule has 0 saturated heterocycles. The molecule has 2 aliphatic carbocycles. The van der Waals surface area contributed by atoms with Crippen LogP contribution in [0.25, 0.3) is 15.8 Å². The van der Waals surface area contributed by atoms with Crippen molar-refractivity contribution in [1.29, 1.82) is 0 Å². The van der Waals surface area contributed by atoms with Crippen LogP contribution in [0.5, 0.6) is 0 Å². The van der Waals surface area contributed by atoms with Gasteiger partial charge in [-0.3, -0.25) is 0 Å². The lowest BCUT2D eigenvalue weighted by Crippen LogP contribution is -2.23. The molecule has 1 nitrogen and oxygen atoms in total. The number of benzene rings is 1. The first kappa shape index (κ1) is 23.0. The highest BCUT2D eigenvalue weighted by molar-refractivity contribution is 7.19. The number of hydrogen-bond acceptors (Lipinski definition) is 2. The van der Waals surface area contributed by atoms with Crippen LogP contribution in [0.2, 0.25) is 0 Å². The van der Waals surface area contributed by atoms with E-state index in [-0.39, 0.29) is 0 Å². The zero-order valence-corrected chi connectivity index (χ0v) is 20.8. The van der Waals surface area contributed by atoms with Crippen molar-refractivity contribution in [3.63, 3.8) is 0 Å². The number of nitrogens with zero attached hydrogens (tertiary/aromatic N) is 1. The normalized spacial score (nSPS) is 24.5. The van der Waals surface area contributed by atoms with E-state index in [1.165, 1.54) is 123 Å². The predicted octanol–water partition coefficient (Wildman–Crippen LogP) is 9.60. The number of hydrogen-bond donors (Lipinski definition) is 0. The maximum atomic E-state index is 5.01. The highest BCUT2D eigenvalue weighted by Crippen LogP contribution is 2.43. The number of allylic oxidation sites excluding steroid dienone is 2. The zero-order valence-electron chi connectivity index (χ0n) is 20.0. The molecule has 2 aromatic rings. The second kappa shape index (κ2) is 11.6. The molecule has 0 radical (unpaired) electrons. The van der Waals surface area contributed by atoms with Gasteiger partial charge in [-0.2, -0.15) is 0 Å². The number of thiazole rings is 1. The van der Waals surface area contributed by atoms with Crippen molar-refractivity contribution in [2.75, 3.05) is 0 Å². The minimum atomic E-state index is 0.931. The average Bonchev–Trinajstić information content (AvgIpc) is 3.24. The van der Waals surface area contributed by atoms with Crippen molar-refractivity contribution in [1.82, 2.24) is 4.98 Å². The van der Waals surface area contributed by atoms with Crippen molar-refractivity contribution in [3.8, 4) is 0 Å². The third-order valence-electron chi connectivity index (χ3n) is 8.02. The maximum Gasteiger partial charge on any atom is 0.120 e. The molecule has 2 heteroatoms. The molecule has 31 heavy (non-hydrogen) atoms. The molecular weight excluding hydrogens is 394 g/mol. The van der Waals surface area contributed by atoms with Crippen LogP contribution in [-0.4, -0.2) is 4.98 Å². The summed E-state index contributed by atoms with van der Waals surface area (Å²) in [5.74, 6) is 2.95. The first-order valence-corrected chi connectivity index (χ1v) is 14.2. The second-order valence-electron chi connectivity index (χ2n) is 10.3. The first-order chi connectivity index (χ1) is 15.3. The topological polar surface area (TPSA) is 12.9 Å². The van der Waals surface area contributed by atoms with E-state index in [1.54, 1.807) is 0 Å². The van der Waals surface area contributed by atoms with Gasteiger partial charge in [-0.15, -0.1) is 11.3 Å². The van der Waals surface area contributed by atoms with Crippen molar-refractivity contribution in [2.24, 2.45) is 17.8 Å². The van der Waals surface area contributed by atoms with Crippen LogP contribution in [0.4, 0.5) is 0 Å². The summed E-state index contributed by atoms with van der Waals surface area (Å²) in [4.78, 5) is 5.01. The second-order valence-corrected chi connectivity index (χ2v) is 11.3. The van der Waals surface area contributed by atoms with Gasteiger partial charge in [-0.1, -0.05) is 77.4 Å². The van der Waals surface area contributed by atoms with E-state index in [0.717, 1.165) is 17.8 Å². The molecule has 1 aromatic carbocycles. The molecule has 1 heterocycles. The van der Waals surface area contributed by atoms with Crippen LogP contribution < -0.4 is 0 Å². The molecule has 0 aliphatic heterocycles. The molecule has 1 atom stereocenters. The Kier molecular flexibility index (Phi) is 8.64. The third-order valence-corrected chi connectivity index (χ3v) is 9.12. The number of aromatic nitrogens is 1. The molecule has 1 saturated carbocycles. The number of fused-ring (bicyclic) bond motifs is 1. The molecule has 0 bridgehead atoms. The van der Waals surface area contributed by atoms with Crippen LogP contribution in [0, 0.1) is 17.8 Å². The lowest BCUT2D eigenvalue weighted by Gasteiger charge is -2.35. The van der Waals surface area contributed by atoms with Gasteiger partial charge in [-0.25, -0.2) is 4.98 Å². The van der Waals surface area contributed by atoms with Crippen molar-refractivity contribution in [3.05, 3.63) is 34.8 Å². The molecular formula is C29H43NS. The largest absolute Gasteiger partial charge is 0.236 e. The summed E-state index contributed by atoms with van der Waals surface area (Å²) >= 11 is 1.93. The zero-order chi connectivity index (χ0) is 21.5. The van der Waals surface area contributed by atoms with Gasteiger partial charge >= 0.3 is 0 Å². The van der Waals surface area contributed by atoms with E-state index in [9.17, 15) is 0 Å². The highest BCUT2D eigenvalue weighted by atomic mass is 32.1. The fourth-order valence-electron chi connectivity index (χ4n) is 5.94. The third kappa shape index (κ3) is 6.21. The molecule has 0 amide bonds. The summed E-state index contributed by atoms with van der Waals surface area (Å²) in [5.41, 5.74) is 4.22. The average molecular weight is 438 g/mol. The van der Waals surface area contributed by atoms with Crippen LogP contribution in [0.3, 0.4) is 0 Å². The minimum absolute atomic E-state index is 0.931.